The van der Waals surface area contributed by atoms with Crippen molar-refractivity contribution in [2.45, 2.75) is 53.1 Å². The summed E-state index contributed by atoms with van der Waals surface area (Å²) >= 11 is 5.97. The first kappa shape index (κ1) is 23.7. The van der Waals surface area contributed by atoms with E-state index in [1.165, 1.54) is 0 Å². The first-order chi connectivity index (χ1) is 14.3. The quantitative estimate of drug-likeness (QED) is 0.557. The van der Waals surface area contributed by atoms with Crippen LogP contribution in [-0.2, 0) is 16.1 Å². The SMILES string of the molecule is CCCCNC(=O)[C@@H](C)N(Cc1ccc(Cl)cc1)C(=O)COc1cc(C)cc(C)c1. The monoisotopic (exact) mass is 430 g/mol. The molecule has 0 aliphatic heterocycles. The summed E-state index contributed by atoms with van der Waals surface area (Å²) in [5.41, 5.74) is 3.03. The summed E-state index contributed by atoms with van der Waals surface area (Å²) in [5.74, 6) is 0.228. The minimum absolute atomic E-state index is 0.136. The van der Waals surface area contributed by atoms with Gasteiger partial charge in [-0.05, 0) is 68.1 Å². The molecule has 0 saturated carbocycles. The van der Waals surface area contributed by atoms with Gasteiger partial charge in [0.1, 0.15) is 11.8 Å². The molecule has 0 unspecified atom stereocenters. The van der Waals surface area contributed by atoms with Gasteiger partial charge < -0.3 is 15.0 Å². The lowest BCUT2D eigenvalue weighted by Crippen LogP contribution is -2.49. The maximum Gasteiger partial charge on any atom is 0.261 e. The van der Waals surface area contributed by atoms with Gasteiger partial charge in [0.15, 0.2) is 6.61 Å². The lowest BCUT2D eigenvalue weighted by Gasteiger charge is -2.29. The van der Waals surface area contributed by atoms with Crippen molar-refractivity contribution in [1.29, 1.82) is 0 Å². The molecule has 1 atom stereocenters. The first-order valence-electron chi connectivity index (χ1n) is 10.3. The van der Waals surface area contributed by atoms with Crippen LogP contribution in [0.15, 0.2) is 42.5 Å². The van der Waals surface area contributed by atoms with E-state index in [0.29, 0.717) is 23.9 Å². The minimum atomic E-state index is -0.618. The van der Waals surface area contributed by atoms with Crippen LogP contribution >= 0.6 is 11.6 Å². The Morgan fingerprint density at radius 3 is 2.33 bits per heavy atom. The van der Waals surface area contributed by atoms with Gasteiger partial charge in [0.2, 0.25) is 5.91 Å². The van der Waals surface area contributed by atoms with Gasteiger partial charge in [0.05, 0.1) is 0 Å². The second-order valence-corrected chi connectivity index (χ2v) is 8.02. The van der Waals surface area contributed by atoms with Crippen molar-refractivity contribution in [1.82, 2.24) is 10.2 Å². The molecule has 0 aliphatic carbocycles. The number of ether oxygens (including phenoxy) is 1. The van der Waals surface area contributed by atoms with E-state index in [4.69, 9.17) is 16.3 Å². The summed E-state index contributed by atoms with van der Waals surface area (Å²) < 4.78 is 5.75. The summed E-state index contributed by atoms with van der Waals surface area (Å²) in [6, 6.07) is 12.5. The Morgan fingerprint density at radius 1 is 1.10 bits per heavy atom. The molecule has 2 aromatic rings. The Morgan fingerprint density at radius 2 is 1.73 bits per heavy atom. The molecule has 0 aliphatic rings. The van der Waals surface area contributed by atoms with Crippen LogP contribution in [0, 0.1) is 13.8 Å². The van der Waals surface area contributed by atoms with Crippen LogP contribution in [0.1, 0.15) is 43.4 Å². The predicted octanol–water partition coefficient (Wildman–Crippen LogP) is 4.67. The molecule has 30 heavy (non-hydrogen) atoms. The number of unbranched alkanes of at least 4 members (excludes halogenated alkanes) is 1. The van der Waals surface area contributed by atoms with Gasteiger partial charge in [-0.3, -0.25) is 9.59 Å². The Kier molecular flexibility index (Phi) is 9.18. The number of carbonyl (C=O) groups is 2. The summed E-state index contributed by atoms with van der Waals surface area (Å²) in [6.07, 6.45) is 1.89. The molecule has 5 nitrogen and oxygen atoms in total. The maximum absolute atomic E-state index is 13.0. The van der Waals surface area contributed by atoms with Crippen LogP contribution in [0.3, 0.4) is 0 Å². The fraction of sp³-hybridized carbons (Fsp3) is 0.417. The van der Waals surface area contributed by atoms with Gasteiger partial charge in [-0.2, -0.15) is 0 Å². The number of amides is 2. The fourth-order valence-corrected chi connectivity index (χ4v) is 3.28. The number of halogens is 1. The van der Waals surface area contributed by atoms with Crippen molar-refractivity contribution in [2.24, 2.45) is 0 Å². The van der Waals surface area contributed by atoms with Crippen molar-refractivity contribution in [2.75, 3.05) is 13.2 Å². The Bertz CT molecular complexity index is 832. The third-order valence-corrected chi connectivity index (χ3v) is 5.07. The number of hydrogen-bond acceptors (Lipinski definition) is 3. The molecule has 2 aromatic carbocycles. The minimum Gasteiger partial charge on any atom is -0.484 e. The predicted molar refractivity (Wildman–Crippen MR) is 121 cm³/mol. The molecule has 0 fully saturated rings. The lowest BCUT2D eigenvalue weighted by atomic mass is 10.1. The van der Waals surface area contributed by atoms with E-state index in [2.05, 4.69) is 12.2 Å². The third kappa shape index (κ3) is 7.38. The molecule has 2 amide bonds. The highest BCUT2D eigenvalue weighted by Crippen LogP contribution is 2.18. The molecular formula is C24H31ClN2O3. The van der Waals surface area contributed by atoms with Crippen LogP contribution < -0.4 is 10.1 Å². The summed E-state index contributed by atoms with van der Waals surface area (Å²) in [4.78, 5) is 27.2. The van der Waals surface area contributed by atoms with E-state index in [-0.39, 0.29) is 18.4 Å². The molecule has 0 heterocycles. The van der Waals surface area contributed by atoms with Gasteiger partial charge >= 0.3 is 0 Å². The molecule has 0 spiro atoms. The average molecular weight is 431 g/mol. The smallest absolute Gasteiger partial charge is 0.261 e. The Labute approximate surface area is 184 Å². The molecule has 2 rings (SSSR count). The van der Waals surface area contributed by atoms with Crippen molar-refractivity contribution >= 4 is 23.4 Å². The van der Waals surface area contributed by atoms with E-state index < -0.39 is 6.04 Å². The number of rotatable bonds is 10. The molecule has 0 aromatic heterocycles. The Balaban J connectivity index is 2.12. The summed E-state index contributed by atoms with van der Waals surface area (Å²) in [6.45, 7) is 8.54. The number of benzene rings is 2. The van der Waals surface area contributed by atoms with Crippen LogP contribution in [-0.4, -0.2) is 35.9 Å². The number of carbonyl (C=O) groups excluding carboxylic acids is 2. The fourth-order valence-electron chi connectivity index (χ4n) is 3.15. The first-order valence-corrected chi connectivity index (χ1v) is 10.7. The average Bonchev–Trinajstić information content (AvgIpc) is 2.70. The van der Waals surface area contributed by atoms with Crippen LogP contribution in [0.4, 0.5) is 0 Å². The Hall–Kier alpha value is -2.53. The van der Waals surface area contributed by atoms with Gasteiger partial charge in [0, 0.05) is 18.1 Å². The van der Waals surface area contributed by atoms with E-state index in [1.807, 2.05) is 44.2 Å². The van der Waals surface area contributed by atoms with E-state index in [9.17, 15) is 9.59 Å². The van der Waals surface area contributed by atoms with Gasteiger partial charge in [-0.15, -0.1) is 0 Å². The number of hydrogen-bond donors (Lipinski definition) is 1. The normalized spacial score (nSPS) is 11.6. The van der Waals surface area contributed by atoms with Crippen molar-refractivity contribution in [3.05, 3.63) is 64.2 Å². The summed E-state index contributed by atoms with van der Waals surface area (Å²) in [7, 11) is 0. The topological polar surface area (TPSA) is 58.6 Å². The zero-order valence-corrected chi connectivity index (χ0v) is 19.0. The molecule has 0 bridgehead atoms. The molecule has 0 radical (unpaired) electrons. The van der Waals surface area contributed by atoms with Crippen molar-refractivity contribution < 1.29 is 14.3 Å². The number of nitrogens with one attached hydrogen (secondary N) is 1. The van der Waals surface area contributed by atoms with Gasteiger partial charge in [-0.1, -0.05) is 43.1 Å². The second kappa shape index (κ2) is 11.6. The molecule has 0 saturated heterocycles. The number of aryl methyl sites for hydroxylation is 2. The number of nitrogens with zero attached hydrogens (tertiary/aromatic N) is 1. The maximum atomic E-state index is 13.0. The van der Waals surface area contributed by atoms with E-state index in [1.54, 1.807) is 24.0 Å². The molecule has 6 heteroatoms. The highest BCUT2D eigenvalue weighted by atomic mass is 35.5. The van der Waals surface area contributed by atoms with E-state index in [0.717, 1.165) is 29.5 Å². The highest BCUT2D eigenvalue weighted by molar-refractivity contribution is 6.30. The summed E-state index contributed by atoms with van der Waals surface area (Å²) in [5, 5.41) is 3.53. The van der Waals surface area contributed by atoms with Gasteiger partial charge in [0.25, 0.3) is 5.91 Å². The standard InChI is InChI=1S/C24H31ClN2O3/c1-5-6-11-26-24(29)19(4)27(15-20-7-9-21(25)10-8-20)23(28)16-30-22-13-17(2)12-18(3)14-22/h7-10,12-14,19H,5-6,11,15-16H2,1-4H3,(H,26,29)/t19-/m1/s1. The molecule has 162 valence electrons. The van der Waals surface area contributed by atoms with Crippen LogP contribution in [0.25, 0.3) is 0 Å². The molecular weight excluding hydrogens is 400 g/mol. The van der Waals surface area contributed by atoms with Crippen LogP contribution in [0.5, 0.6) is 5.75 Å². The van der Waals surface area contributed by atoms with Crippen molar-refractivity contribution in [3.63, 3.8) is 0 Å². The molecule has 1 N–H and O–H groups in total. The zero-order chi connectivity index (χ0) is 22.1. The van der Waals surface area contributed by atoms with Crippen molar-refractivity contribution in [3.8, 4) is 5.75 Å². The second-order valence-electron chi connectivity index (χ2n) is 7.58. The van der Waals surface area contributed by atoms with Gasteiger partial charge in [-0.25, -0.2) is 0 Å². The lowest BCUT2D eigenvalue weighted by molar-refractivity contribution is -0.142. The largest absolute Gasteiger partial charge is 0.484 e. The van der Waals surface area contributed by atoms with E-state index >= 15 is 0 Å². The third-order valence-electron chi connectivity index (χ3n) is 4.82. The van der Waals surface area contributed by atoms with Crippen LogP contribution in [0.2, 0.25) is 5.02 Å². The zero-order valence-electron chi connectivity index (χ0n) is 18.2. The highest BCUT2D eigenvalue weighted by Gasteiger charge is 2.26.